The first-order chi connectivity index (χ1) is 30.5. The van der Waals surface area contributed by atoms with Crippen LogP contribution < -0.4 is 55.3 Å². The third-order valence-corrected chi connectivity index (χ3v) is 10.8. The predicted octanol–water partition coefficient (Wildman–Crippen LogP) is -1.04. The van der Waals surface area contributed by atoms with Crippen LogP contribution in [0.25, 0.3) is 21.8 Å². The highest BCUT2D eigenvalue weighted by molar-refractivity contribution is 7.80. The highest BCUT2D eigenvalue weighted by Crippen LogP contribution is 2.21. The second-order valence-electron chi connectivity index (χ2n) is 15.6. The number of H-pyrrole nitrogens is 2. The molecule has 0 radical (unpaired) electrons. The van der Waals surface area contributed by atoms with Crippen molar-refractivity contribution in [2.75, 3.05) is 18.8 Å². The third kappa shape index (κ3) is 14.6. The summed E-state index contributed by atoms with van der Waals surface area (Å²) < 4.78 is 0. The van der Waals surface area contributed by atoms with E-state index < -0.39 is 77.7 Å². The normalized spacial score (nSPS) is 14.0. The summed E-state index contributed by atoms with van der Waals surface area (Å²) >= 11 is 4.27. The summed E-state index contributed by atoms with van der Waals surface area (Å²) in [6.07, 6.45) is 4.17. The van der Waals surface area contributed by atoms with E-state index >= 15 is 0 Å². The number of nitrogens with one attached hydrogen (secondary N) is 7. The topological polar surface area (TPSA) is 369 Å². The molecular weight excluding hydrogens is 845 g/mol. The number of aliphatic imine (C=N–C) groups is 2. The second kappa shape index (κ2) is 24.1. The number of hydrogen-bond donors (Lipinski definition) is 14. The first-order valence-corrected chi connectivity index (χ1v) is 21.4. The van der Waals surface area contributed by atoms with Gasteiger partial charge in [0.25, 0.3) is 0 Å². The van der Waals surface area contributed by atoms with Gasteiger partial charge in [-0.3, -0.25) is 34.0 Å². The highest BCUT2D eigenvalue weighted by atomic mass is 32.1. The molecule has 0 unspecified atom stereocenters. The van der Waals surface area contributed by atoms with Crippen molar-refractivity contribution in [2.24, 2.45) is 44.6 Å². The summed E-state index contributed by atoms with van der Waals surface area (Å²) in [4.78, 5) is 95.9. The number of nitrogens with two attached hydrogens (primary N) is 5. The third-order valence-electron chi connectivity index (χ3n) is 10.4. The van der Waals surface area contributed by atoms with E-state index in [9.17, 15) is 33.9 Å². The zero-order valence-electron chi connectivity index (χ0n) is 35.8. The number of aromatic nitrogens is 2. The number of fused-ring (bicyclic) bond motifs is 2. The molecule has 0 spiro atoms. The van der Waals surface area contributed by atoms with Crippen molar-refractivity contribution in [2.45, 2.75) is 88.6 Å². The van der Waals surface area contributed by atoms with Crippen molar-refractivity contribution < 1.29 is 33.9 Å². The molecule has 4 aromatic rings. The number of aromatic amines is 2. The van der Waals surface area contributed by atoms with Crippen LogP contribution in [-0.2, 0) is 41.6 Å². The number of nitrogens with zero attached hydrogens (tertiary/aromatic N) is 2. The first kappa shape index (κ1) is 49.8. The van der Waals surface area contributed by atoms with E-state index in [-0.39, 0.29) is 62.9 Å². The number of carbonyl (C=O) groups excluding carboxylic acids is 5. The van der Waals surface area contributed by atoms with Crippen LogP contribution in [0.15, 0.2) is 70.9 Å². The number of carbonyl (C=O) groups is 6. The molecule has 5 amide bonds. The van der Waals surface area contributed by atoms with Gasteiger partial charge in [-0.25, -0.2) is 4.79 Å². The zero-order valence-corrected chi connectivity index (χ0v) is 36.7. The van der Waals surface area contributed by atoms with Gasteiger partial charge in [-0.15, -0.1) is 0 Å². The molecule has 346 valence electrons. The van der Waals surface area contributed by atoms with Crippen LogP contribution in [-0.4, -0.2) is 118 Å². The van der Waals surface area contributed by atoms with Gasteiger partial charge in [-0.1, -0.05) is 50.2 Å². The van der Waals surface area contributed by atoms with Crippen LogP contribution >= 0.6 is 12.6 Å². The van der Waals surface area contributed by atoms with Crippen molar-refractivity contribution in [3.8, 4) is 0 Å². The quantitative estimate of drug-likeness (QED) is 0.0164. The van der Waals surface area contributed by atoms with Gasteiger partial charge in [0.1, 0.15) is 30.2 Å². The van der Waals surface area contributed by atoms with E-state index in [1.165, 1.54) is 0 Å². The van der Waals surface area contributed by atoms with Gasteiger partial charge in [-0.05, 0) is 54.9 Å². The lowest BCUT2D eigenvalue weighted by molar-refractivity contribution is -0.143. The Morgan fingerprint density at radius 3 is 1.50 bits per heavy atom. The Bertz CT molecular complexity index is 2300. The Morgan fingerprint density at radius 1 is 0.625 bits per heavy atom. The predicted molar refractivity (Wildman–Crippen MR) is 248 cm³/mol. The number of carboxylic acid groups (broad SMARTS) is 1. The Labute approximate surface area is 375 Å². The van der Waals surface area contributed by atoms with Crippen LogP contribution in [0.1, 0.15) is 50.7 Å². The molecule has 4 rings (SSSR count). The van der Waals surface area contributed by atoms with Crippen molar-refractivity contribution in [3.05, 3.63) is 72.1 Å². The van der Waals surface area contributed by atoms with Crippen molar-refractivity contribution in [1.82, 2.24) is 36.6 Å². The van der Waals surface area contributed by atoms with Crippen molar-refractivity contribution in [3.63, 3.8) is 0 Å². The van der Waals surface area contributed by atoms with Gasteiger partial charge in [0.2, 0.25) is 29.5 Å². The van der Waals surface area contributed by atoms with Gasteiger partial charge in [0, 0.05) is 65.9 Å². The van der Waals surface area contributed by atoms with Gasteiger partial charge >= 0.3 is 5.97 Å². The van der Waals surface area contributed by atoms with E-state index in [0.717, 1.165) is 21.8 Å². The maximum atomic E-state index is 14.7. The summed E-state index contributed by atoms with van der Waals surface area (Å²) in [5.74, 6) is -5.88. The molecule has 64 heavy (non-hydrogen) atoms. The number of benzene rings is 2. The molecule has 0 aliphatic rings. The van der Waals surface area contributed by atoms with Crippen LogP contribution in [0.4, 0.5) is 0 Å². The fourth-order valence-electron chi connectivity index (χ4n) is 6.94. The SMILES string of the molecule is CC(C)[C@H](NC(=O)[C@H](CS)NC(=O)[C@H](Cc1c[nH]c2ccccc12)NC(=O)[C@H](Cc1c[nH]c2ccccc12)NC(=O)[C@H](CCCN=C(N)N)NC(=O)[C@@H](N)CCCN=C(N)N)C(=O)O. The molecule has 18 N–H and O–H groups in total. The Hall–Kier alpha value is -6.81. The van der Waals surface area contributed by atoms with Crippen molar-refractivity contribution in [1.29, 1.82) is 0 Å². The van der Waals surface area contributed by atoms with E-state index in [1.54, 1.807) is 26.2 Å². The van der Waals surface area contributed by atoms with E-state index in [4.69, 9.17) is 28.7 Å². The molecule has 0 aliphatic heterocycles. The molecule has 0 bridgehead atoms. The van der Waals surface area contributed by atoms with E-state index in [0.29, 0.717) is 17.5 Å². The molecule has 6 atom stereocenters. The van der Waals surface area contributed by atoms with Gasteiger partial charge in [-0.2, -0.15) is 12.6 Å². The lowest BCUT2D eigenvalue weighted by Gasteiger charge is -2.27. The Morgan fingerprint density at radius 2 is 1.05 bits per heavy atom. The van der Waals surface area contributed by atoms with E-state index in [1.807, 2.05) is 48.5 Å². The van der Waals surface area contributed by atoms with Gasteiger partial charge in [0.05, 0.1) is 6.04 Å². The number of aliphatic carboxylic acids is 1. The molecule has 0 saturated carbocycles. The lowest BCUT2D eigenvalue weighted by Crippen LogP contribution is -2.60. The lowest BCUT2D eigenvalue weighted by atomic mass is 10.0. The summed E-state index contributed by atoms with van der Waals surface area (Å²) in [5.41, 5.74) is 30.9. The number of hydrogen-bond acceptors (Lipinski definition) is 10. The minimum atomic E-state index is -1.34. The number of carboxylic acids is 1. The number of para-hydroxylation sites is 2. The largest absolute Gasteiger partial charge is 0.480 e. The highest BCUT2D eigenvalue weighted by Gasteiger charge is 2.34. The first-order valence-electron chi connectivity index (χ1n) is 20.8. The molecule has 22 heteroatoms. The summed E-state index contributed by atoms with van der Waals surface area (Å²) in [7, 11) is 0. The van der Waals surface area contributed by atoms with Gasteiger partial charge in [0.15, 0.2) is 11.9 Å². The number of guanidine groups is 2. The molecule has 0 aliphatic carbocycles. The van der Waals surface area contributed by atoms with Gasteiger partial charge < -0.3 is 70.3 Å². The fourth-order valence-corrected chi connectivity index (χ4v) is 7.20. The fraction of sp³-hybridized carbons (Fsp3) is 0.429. The maximum Gasteiger partial charge on any atom is 0.326 e. The molecule has 0 saturated heterocycles. The van der Waals surface area contributed by atoms with Crippen LogP contribution in [0.2, 0.25) is 0 Å². The number of thiol groups is 1. The second-order valence-corrected chi connectivity index (χ2v) is 16.0. The van der Waals surface area contributed by atoms with E-state index in [2.05, 4.69) is 59.2 Å². The minimum absolute atomic E-state index is 0.0504. The smallest absolute Gasteiger partial charge is 0.326 e. The van der Waals surface area contributed by atoms with Crippen LogP contribution in [0.5, 0.6) is 0 Å². The average Bonchev–Trinajstić information content (AvgIpc) is 3.86. The standard InChI is InChI=1S/C42H60N14O7S/c1-22(2)34(40(62)63)56-39(61)33(21-64)55-38(60)32(18-24-20-51-29-13-6-4-10-26(24)29)54-37(59)31(17-23-19-50-28-12-5-3-9-25(23)28)53-36(58)30(14-8-16-49-42(46)47)52-35(57)27(43)11-7-15-48-41(44)45/h3-6,9-10,12-13,19-20,22,27,30-34,50-51,64H,7-8,11,14-18,21,43H2,1-2H3,(H,52,57)(H,53,58)(H,54,59)(H,55,60)(H,56,61)(H,62,63)(H4,44,45,48)(H4,46,47,49)/t27-,30-,31-,32-,33-,34-/m0/s1. The van der Waals surface area contributed by atoms with Crippen LogP contribution in [0, 0.1) is 5.92 Å². The molecule has 21 nitrogen and oxygen atoms in total. The molecule has 2 heterocycles. The zero-order chi connectivity index (χ0) is 46.9. The molecule has 2 aromatic heterocycles. The Kier molecular flexibility index (Phi) is 18.8. The minimum Gasteiger partial charge on any atom is -0.480 e. The summed E-state index contributed by atoms with van der Waals surface area (Å²) in [5, 5.41) is 24.6. The summed E-state index contributed by atoms with van der Waals surface area (Å²) in [6, 6.07) is 7.28. The average molecular weight is 905 g/mol. The molecule has 2 aromatic carbocycles. The summed E-state index contributed by atoms with van der Waals surface area (Å²) in [6.45, 7) is 3.63. The number of rotatable bonds is 25. The molecule has 0 fully saturated rings. The van der Waals surface area contributed by atoms with Crippen molar-refractivity contribution >= 4 is 81.9 Å². The number of amides is 5. The molecular formula is C42H60N14O7S. The van der Waals surface area contributed by atoms with Crippen LogP contribution in [0.3, 0.4) is 0 Å². The monoisotopic (exact) mass is 904 g/mol. The Balaban J connectivity index is 1.67. The maximum absolute atomic E-state index is 14.7.